The molecule has 132 valence electrons. The van der Waals surface area contributed by atoms with Gasteiger partial charge in [0.2, 0.25) is 0 Å². The average molecular weight is 351 g/mol. The van der Waals surface area contributed by atoms with Crippen LogP contribution in [0.15, 0.2) is 54.9 Å². The van der Waals surface area contributed by atoms with Crippen molar-refractivity contribution in [1.29, 1.82) is 0 Å². The molecule has 0 bridgehead atoms. The number of amides is 1. The summed E-state index contributed by atoms with van der Waals surface area (Å²) in [5.41, 5.74) is 1.79. The minimum Gasteiger partial charge on any atom is -0.481 e. The molecule has 0 aliphatic heterocycles. The van der Waals surface area contributed by atoms with Crippen LogP contribution in [-0.4, -0.2) is 38.0 Å². The van der Waals surface area contributed by atoms with Gasteiger partial charge < -0.3 is 10.1 Å². The van der Waals surface area contributed by atoms with Crippen LogP contribution in [0, 0.1) is 0 Å². The molecule has 0 fully saturated rings. The molecule has 26 heavy (non-hydrogen) atoms. The SMILES string of the molecule is CC(=O)c1cccc(NC(=O)[C@H](C)Oc2cccc(-n3cnnn3)c2)c1. The smallest absolute Gasteiger partial charge is 0.265 e. The molecule has 2 aromatic carbocycles. The first kappa shape index (κ1) is 17.3. The summed E-state index contributed by atoms with van der Waals surface area (Å²) in [6.07, 6.45) is 0.733. The van der Waals surface area contributed by atoms with Crippen LogP contribution in [0.3, 0.4) is 0 Å². The third kappa shape index (κ3) is 4.10. The van der Waals surface area contributed by atoms with E-state index in [0.717, 1.165) is 0 Å². The van der Waals surface area contributed by atoms with E-state index < -0.39 is 6.10 Å². The number of Topliss-reactive ketones (excluding diaryl/α,β-unsaturated/α-hetero) is 1. The highest BCUT2D eigenvalue weighted by atomic mass is 16.5. The number of benzene rings is 2. The second-order valence-electron chi connectivity index (χ2n) is 5.64. The number of anilines is 1. The van der Waals surface area contributed by atoms with Crippen molar-refractivity contribution < 1.29 is 14.3 Å². The van der Waals surface area contributed by atoms with Gasteiger partial charge >= 0.3 is 0 Å². The average Bonchev–Trinajstić information content (AvgIpc) is 3.17. The first-order chi connectivity index (χ1) is 12.5. The maximum atomic E-state index is 12.4. The summed E-state index contributed by atoms with van der Waals surface area (Å²) >= 11 is 0. The van der Waals surface area contributed by atoms with E-state index in [4.69, 9.17) is 4.74 Å². The second-order valence-corrected chi connectivity index (χ2v) is 5.64. The van der Waals surface area contributed by atoms with E-state index in [1.807, 2.05) is 6.07 Å². The number of hydrogen-bond donors (Lipinski definition) is 1. The number of rotatable bonds is 6. The number of tetrazole rings is 1. The molecule has 0 aliphatic rings. The number of nitrogens with zero attached hydrogens (tertiary/aromatic N) is 4. The van der Waals surface area contributed by atoms with Crippen LogP contribution < -0.4 is 10.1 Å². The molecule has 0 unspecified atom stereocenters. The molecule has 8 heteroatoms. The van der Waals surface area contributed by atoms with E-state index in [9.17, 15) is 9.59 Å². The molecule has 1 N–H and O–H groups in total. The van der Waals surface area contributed by atoms with Gasteiger partial charge in [-0.25, -0.2) is 4.68 Å². The van der Waals surface area contributed by atoms with Crippen LogP contribution in [0.4, 0.5) is 5.69 Å². The third-order valence-electron chi connectivity index (χ3n) is 3.65. The highest BCUT2D eigenvalue weighted by molar-refractivity contribution is 5.98. The van der Waals surface area contributed by atoms with Gasteiger partial charge in [-0.2, -0.15) is 0 Å². The number of ether oxygens (including phenoxy) is 1. The summed E-state index contributed by atoms with van der Waals surface area (Å²) < 4.78 is 7.19. The van der Waals surface area contributed by atoms with Gasteiger partial charge in [-0.3, -0.25) is 9.59 Å². The van der Waals surface area contributed by atoms with Gasteiger partial charge in [0.1, 0.15) is 12.1 Å². The van der Waals surface area contributed by atoms with Gasteiger partial charge in [0.05, 0.1) is 5.69 Å². The summed E-state index contributed by atoms with van der Waals surface area (Å²) in [5.74, 6) is 0.126. The molecular formula is C18H17N5O3. The van der Waals surface area contributed by atoms with E-state index in [-0.39, 0.29) is 11.7 Å². The van der Waals surface area contributed by atoms with E-state index in [1.54, 1.807) is 49.4 Å². The zero-order valence-electron chi connectivity index (χ0n) is 14.3. The lowest BCUT2D eigenvalue weighted by Crippen LogP contribution is -2.30. The highest BCUT2D eigenvalue weighted by Crippen LogP contribution is 2.18. The fourth-order valence-corrected chi connectivity index (χ4v) is 2.30. The summed E-state index contributed by atoms with van der Waals surface area (Å²) in [7, 11) is 0. The zero-order valence-corrected chi connectivity index (χ0v) is 14.3. The lowest BCUT2D eigenvalue weighted by atomic mass is 10.1. The summed E-state index contributed by atoms with van der Waals surface area (Å²) in [5, 5.41) is 13.7. The number of aromatic nitrogens is 4. The van der Waals surface area contributed by atoms with Crippen LogP contribution in [-0.2, 0) is 4.79 Å². The Hall–Kier alpha value is -3.55. The van der Waals surface area contributed by atoms with Crippen molar-refractivity contribution in [3.05, 3.63) is 60.4 Å². The van der Waals surface area contributed by atoms with Gasteiger partial charge in [0.25, 0.3) is 5.91 Å². The summed E-state index contributed by atoms with van der Waals surface area (Å²) in [6.45, 7) is 3.12. The standard InChI is InChI=1S/C18H17N5O3/c1-12(24)14-5-3-6-15(9-14)20-18(25)13(2)26-17-8-4-7-16(10-17)23-11-19-21-22-23/h3-11,13H,1-2H3,(H,20,25)/t13-/m0/s1. The van der Waals surface area contributed by atoms with Crippen molar-refractivity contribution in [3.8, 4) is 11.4 Å². The minimum absolute atomic E-state index is 0.0650. The van der Waals surface area contributed by atoms with E-state index in [1.165, 1.54) is 17.9 Å². The molecule has 1 aromatic heterocycles. The molecule has 0 radical (unpaired) electrons. The Labute approximate surface area is 149 Å². The molecule has 0 spiro atoms. The lowest BCUT2D eigenvalue weighted by molar-refractivity contribution is -0.122. The van der Waals surface area contributed by atoms with Crippen LogP contribution in [0.25, 0.3) is 5.69 Å². The van der Waals surface area contributed by atoms with Crippen molar-refractivity contribution in [1.82, 2.24) is 20.2 Å². The predicted molar refractivity (Wildman–Crippen MR) is 94.3 cm³/mol. The van der Waals surface area contributed by atoms with Gasteiger partial charge in [0, 0.05) is 17.3 Å². The number of carbonyl (C=O) groups is 2. The van der Waals surface area contributed by atoms with Crippen molar-refractivity contribution in [2.45, 2.75) is 20.0 Å². The van der Waals surface area contributed by atoms with E-state index in [2.05, 4.69) is 20.8 Å². The topological polar surface area (TPSA) is 99.0 Å². The quantitative estimate of drug-likeness (QED) is 0.684. The molecule has 0 saturated heterocycles. The van der Waals surface area contributed by atoms with Gasteiger partial charge in [-0.15, -0.1) is 5.10 Å². The fourth-order valence-electron chi connectivity index (χ4n) is 2.30. The summed E-state index contributed by atoms with van der Waals surface area (Å²) in [6, 6.07) is 13.8. The minimum atomic E-state index is -0.736. The van der Waals surface area contributed by atoms with Gasteiger partial charge in [0.15, 0.2) is 11.9 Å². The lowest BCUT2D eigenvalue weighted by Gasteiger charge is -2.15. The monoisotopic (exact) mass is 351 g/mol. The predicted octanol–water partition coefficient (Wildman–Crippen LogP) is 2.27. The number of ketones is 1. The Bertz CT molecular complexity index is 924. The fraction of sp³-hybridized carbons (Fsp3) is 0.167. The molecule has 0 aliphatic carbocycles. The number of hydrogen-bond acceptors (Lipinski definition) is 6. The van der Waals surface area contributed by atoms with Crippen molar-refractivity contribution >= 4 is 17.4 Å². The summed E-state index contributed by atoms with van der Waals surface area (Å²) in [4.78, 5) is 23.8. The van der Waals surface area contributed by atoms with Crippen LogP contribution in [0.5, 0.6) is 5.75 Å². The largest absolute Gasteiger partial charge is 0.481 e. The molecule has 8 nitrogen and oxygen atoms in total. The number of nitrogens with one attached hydrogen (secondary N) is 1. The second kappa shape index (κ2) is 7.56. The van der Waals surface area contributed by atoms with E-state index >= 15 is 0 Å². The first-order valence-electron chi connectivity index (χ1n) is 7.95. The molecule has 3 rings (SSSR count). The maximum absolute atomic E-state index is 12.4. The highest BCUT2D eigenvalue weighted by Gasteiger charge is 2.16. The zero-order chi connectivity index (χ0) is 18.5. The van der Waals surface area contributed by atoms with Crippen LogP contribution >= 0.6 is 0 Å². The van der Waals surface area contributed by atoms with Crippen LogP contribution in [0.1, 0.15) is 24.2 Å². The molecule has 0 saturated carbocycles. The Morgan fingerprint density at radius 3 is 2.69 bits per heavy atom. The van der Waals surface area contributed by atoms with Gasteiger partial charge in [-0.05, 0) is 48.5 Å². The van der Waals surface area contributed by atoms with Crippen LogP contribution in [0.2, 0.25) is 0 Å². The Balaban J connectivity index is 1.67. The molecule has 3 aromatic rings. The normalized spacial score (nSPS) is 11.6. The molecular weight excluding hydrogens is 334 g/mol. The number of carbonyl (C=O) groups excluding carboxylic acids is 2. The van der Waals surface area contributed by atoms with Crippen molar-refractivity contribution in [2.24, 2.45) is 0 Å². The Kier molecular flexibility index (Phi) is 5.02. The first-order valence-corrected chi connectivity index (χ1v) is 7.95. The molecule has 1 atom stereocenters. The third-order valence-corrected chi connectivity index (χ3v) is 3.65. The van der Waals surface area contributed by atoms with Crippen molar-refractivity contribution in [2.75, 3.05) is 5.32 Å². The van der Waals surface area contributed by atoms with Gasteiger partial charge in [-0.1, -0.05) is 18.2 Å². The Morgan fingerprint density at radius 1 is 1.15 bits per heavy atom. The van der Waals surface area contributed by atoms with E-state index in [0.29, 0.717) is 22.7 Å². The Morgan fingerprint density at radius 2 is 1.96 bits per heavy atom. The molecule has 1 heterocycles. The van der Waals surface area contributed by atoms with Crippen molar-refractivity contribution in [3.63, 3.8) is 0 Å². The molecule has 1 amide bonds. The maximum Gasteiger partial charge on any atom is 0.265 e.